The van der Waals surface area contributed by atoms with Gasteiger partial charge in [-0.15, -0.1) is 0 Å². The molecule has 5 heteroatoms. The highest BCUT2D eigenvalue weighted by atomic mass is 16.2. The third kappa shape index (κ3) is 3.11. The van der Waals surface area contributed by atoms with E-state index in [1.54, 1.807) is 48.5 Å². The van der Waals surface area contributed by atoms with Gasteiger partial charge in [-0.3, -0.25) is 14.4 Å². The van der Waals surface area contributed by atoms with Crippen molar-refractivity contribution in [2.75, 3.05) is 4.90 Å². The average molecular weight is 376 g/mol. The summed E-state index contributed by atoms with van der Waals surface area (Å²) in [6.45, 7) is 4.43. The lowest BCUT2D eigenvalue weighted by Crippen LogP contribution is -2.43. The molecule has 144 valence electrons. The predicted octanol–water partition coefficient (Wildman–Crippen LogP) is 4.04. The van der Waals surface area contributed by atoms with Gasteiger partial charge in [0.05, 0.1) is 16.8 Å². The van der Waals surface area contributed by atoms with Crippen molar-refractivity contribution in [1.82, 2.24) is 5.32 Å². The van der Waals surface area contributed by atoms with E-state index in [9.17, 15) is 14.4 Å². The number of nitrogens with zero attached hydrogens (tertiary/aromatic N) is 1. The number of anilines is 1. The summed E-state index contributed by atoms with van der Waals surface area (Å²) in [5.41, 5.74) is 1.83. The van der Waals surface area contributed by atoms with E-state index in [1.807, 2.05) is 0 Å². The van der Waals surface area contributed by atoms with Gasteiger partial charge >= 0.3 is 0 Å². The van der Waals surface area contributed by atoms with Gasteiger partial charge < -0.3 is 5.32 Å². The molecule has 3 atom stereocenters. The molecule has 1 fully saturated rings. The van der Waals surface area contributed by atoms with Crippen LogP contribution in [0, 0.1) is 11.8 Å². The van der Waals surface area contributed by atoms with Crippen molar-refractivity contribution >= 4 is 23.4 Å². The highest BCUT2D eigenvalue weighted by Gasteiger charge is 2.36. The summed E-state index contributed by atoms with van der Waals surface area (Å²) >= 11 is 0. The van der Waals surface area contributed by atoms with E-state index in [4.69, 9.17) is 0 Å². The molecule has 0 bridgehead atoms. The number of imide groups is 1. The molecular weight excluding hydrogens is 352 g/mol. The summed E-state index contributed by atoms with van der Waals surface area (Å²) in [4.78, 5) is 39.0. The summed E-state index contributed by atoms with van der Waals surface area (Å²) in [5, 5.41) is 3.15. The molecule has 1 saturated carbocycles. The van der Waals surface area contributed by atoms with Gasteiger partial charge in [-0.05, 0) is 54.7 Å². The van der Waals surface area contributed by atoms with Crippen LogP contribution >= 0.6 is 0 Å². The van der Waals surface area contributed by atoms with Crippen LogP contribution in [0.3, 0.4) is 0 Å². The lowest BCUT2D eigenvalue weighted by Gasteiger charge is -2.34. The molecule has 1 N–H and O–H groups in total. The van der Waals surface area contributed by atoms with Crippen molar-refractivity contribution in [3.63, 3.8) is 0 Å². The Bertz CT molecular complexity index is 900. The highest BCUT2D eigenvalue weighted by molar-refractivity contribution is 6.34. The van der Waals surface area contributed by atoms with Gasteiger partial charge in [0, 0.05) is 11.6 Å². The van der Waals surface area contributed by atoms with Gasteiger partial charge in [0.1, 0.15) is 0 Å². The van der Waals surface area contributed by atoms with Crippen molar-refractivity contribution in [3.8, 4) is 0 Å². The number of fused-ring (bicyclic) bond motifs is 1. The Morgan fingerprint density at radius 3 is 2.14 bits per heavy atom. The molecule has 3 unspecified atom stereocenters. The summed E-state index contributed by atoms with van der Waals surface area (Å²) in [6.07, 6.45) is 3.35. The molecule has 2 aromatic carbocycles. The van der Waals surface area contributed by atoms with Crippen LogP contribution in [0.1, 0.15) is 64.2 Å². The maximum atomic E-state index is 12.6. The van der Waals surface area contributed by atoms with Gasteiger partial charge in [0.25, 0.3) is 17.7 Å². The second-order valence-corrected chi connectivity index (χ2v) is 7.89. The minimum atomic E-state index is -0.331. The molecule has 28 heavy (non-hydrogen) atoms. The second-order valence-electron chi connectivity index (χ2n) is 7.89. The Morgan fingerprint density at radius 1 is 0.929 bits per heavy atom. The Kier molecular flexibility index (Phi) is 4.75. The maximum Gasteiger partial charge on any atom is 0.266 e. The summed E-state index contributed by atoms with van der Waals surface area (Å²) in [7, 11) is 0. The molecule has 4 rings (SSSR count). The van der Waals surface area contributed by atoms with Gasteiger partial charge in [-0.2, -0.15) is 0 Å². The summed E-state index contributed by atoms with van der Waals surface area (Å²) < 4.78 is 0. The minimum absolute atomic E-state index is 0.111. The normalized spacial score (nSPS) is 24.2. The molecule has 1 heterocycles. The van der Waals surface area contributed by atoms with Gasteiger partial charge in [-0.1, -0.05) is 38.8 Å². The second kappa shape index (κ2) is 7.23. The molecule has 1 aliphatic carbocycles. The number of hydrogen-bond donors (Lipinski definition) is 1. The Morgan fingerprint density at radius 2 is 1.54 bits per heavy atom. The molecule has 2 aromatic rings. The Hall–Kier alpha value is -2.95. The monoisotopic (exact) mass is 376 g/mol. The molecule has 1 aliphatic heterocycles. The average Bonchev–Trinajstić information content (AvgIpc) is 2.96. The van der Waals surface area contributed by atoms with Crippen LogP contribution in [-0.4, -0.2) is 23.8 Å². The predicted molar refractivity (Wildman–Crippen MR) is 107 cm³/mol. The van der Waals surface area contributed by atoms with Crippen LogP contribution in [0.2, 0.25) is 0 Å². The van der Waals surface area contributed by atoms with Crippen LogP contribution in [-0.2, 0) is 0 Å². The first-order valence-electron chi connectivity index (χ1n) is 9.86. The van der Waals surface area contributed by atoms with E-state index in [0.717, 1.165) is 17.7 Å². The zero-order valence-corrected chi connectivity index (χ0v) is 16.1. The topological polar surface area (TPSA) is 66.5 Å². The first-order chi connectivity index (χ1) is 13.5. The Balaban J connectivity index is 1.50. The van der Waals surface area contributed by atoms with E-state index in [0.29, 0.717) is 34.2 Å². The summed E-state index contributed by atoms with van der Waals surface area (Å²) in [6, 6.07) is 13.6. The lowest BCUT2D eigenvalue weighted by molar-refractivity contribution is 0.0888. The molecule has 5 nitrogen and oxygen atoms in total. The maximum absolute atomic E-state index is 12.6. The smallest absolute Gasteiger partial charge is 0.266 e. The molecule has 0 spiro atoms. The van der Waals surface area contributed by atoms with E-state index < -0.39 is 0 Å². The van der Waals surface area contributed by atoms with Crippen LogP contribution in [0.4, 0.5) is 5.69 Å². The highest BCUT2D eigenvalue weighted by Crippen LogP contribution is 2.30. The number of nitrogens with one attached hydrogen (secondary N) is 1. The molecule has 3 amide bonds. The summed E-state index contributed by atoms with van der Waals surface area (Å²) in [5.74, 6) is 0.288. The minimum Gasteiger partial charge on any atom is -0.349 e. The zero-order valence-electron chi connectivity index (χ0n) is 16.1. The van der Waals surface area contributed by atoms with Crippen LogP contribution < -0.4 is 10.2 Å². The van der Waals surface area contributed by atoms with Crippen LogP contribution in [0.15, 0.2) is 48.5 Å². The molecular formula is C23H24N2O3. The van der Waals surface area contributed by atoms with Crippen molar-refractivity contribution in [3.05, 3.63) is 65.2 Å². The largest absolute Gasteiger partial charge is 0.349 e. The van der Waals surface area contributed by atoms with E-state index in [1.165, 1.54) is 6.42 Å². The standard InChI is InChI=1S/C23H24N2O3/c1-14-6-5-9-20(15(14)2)24-21(26)16-10-12-17(13-11-16)25-22(27)18-7-3-4-8-19(18)23(25)28/h3-4,7-8,10-15,20H,5-6,9H2,1-2H3,(H,24,26). The number of amides is 3. The number of rotatable bonds is 3. The lowest BCUT2D eigenvalue weighted by atomic mass is 9.78. The molecule has 0 saturated heterocycles. The van der Waals surface area contributed by atoms with E-state index >= 15 is 0 Å². The fraction of sp³-hybridized carbons (Fsp3) is 0.348. The van der Waals surface area contributed by atoms with Crippen molar-refractivity contribution in [1.29, 1.82) is 0 Å². The first kappa shape index (κ1) is 18.4. The van der Waals surface area contributed by atoms with Gasteiger partial charge in [-0.25, -0.2) is 4.90 Å². The van der Waals surface area contributed by atoms with Crippen LogP contribution in [0.25, 0.3) is 0 Å². The molecule has 0 radical (unpaired) electrons. The molecule has 0 aromatic heterocycles. The van der Waals surface area contributed by atoms with Gasteiger partial charge in [0.15, 0.2) is 0 Å². The fourth-order valence-corrected chi connectivity index (χ4v) is 4.22. The van der Waals surface area contributed by atoms with Gasteiger partial charge in [0.2, 0.25) is 0 Å². The SMILES string of the molecule is CC1CCCC(NC(=O)c2ccc(N3C(=O)c4ccccc4C3=O)cc2)C1C. The quantitative estimate of drug-likeness (QED) is 0.822. The third-order valence-electron chi connectivity index (χ3n) is 6.21. The van der Waals surface area contributed by atoms with Crippen molar-refractivity contribution in [2.45, 2.75) is 39.2 Å². The molecule has 2 aliphatic rings. The van der Waals surface area contributed by atoms with Crippen molar-refractivity contribution < 1.29 is 14.4 Å². The number of benzene rings is 2. The Labute approximate surface area is 164 Å². The van der Waals surface area contributed by atoms with Crippen molar-refractivity contribution in [2.24, 2.45) is 11.8 Å². The first-order valence-corrected chi connectivity index (χ1v) is 9.86. The number of hydrogen-bond acceptors (Lipinski definition) is 3. The number of carbonyl (C=O) groups excluding carboxylic acids is 3. The van der Waals surface area contributed by atoms with E-state index in [-0.39, 0.29) is 23.8 Å². The third-order valence-corrected chi connectivity index (χ3v) is 6.21. The van der Waals surface area contributed by atoms with E-state index in [2.05, 4.69) is 19.2 Å². The zero-order chi connectivity index (χ0) is 19.8. The number of carbonyl (C=O) groups is 3. The van der Waals surface area contributed by atoms with Crippen LogP contribution in [0.5, 0.6) is 0 Å². The fourth-order valence-electron chi connectivity index (χ4n) is 4.22.